The average molecular weight is 348 g/mol. The number of aromatic nitrogens is 1. The Hall–Kier alpha value is -1.73. The van der Waals surface area contributed by atoms with E-state index >= 15 is 0 Å². The van der Waals surface area contributed by atoms with Gasteiger partial charge in [0.15, 0.2) is 11.5 Å². The highest BCUT2D eigenvalue weighted by atomic mass is 32.2. The Morgan fingerprint density at radius 1 is 1.22 bits per heavy atom. The van der Waals surface area contributed by atoms with Crippen molar-refractivity contribution >= 4 is 29.0 Å². The van der Waals surface area contributed by atoms with Crippen molar-refractivity contribution in [1.82, 2.24) is 9.88 Å². The minimum atomic E-state index is 0.174. The predicted octanol–water partition coefficient (Wildman–Crippen LogP) is 2.66. The molecule has 2 aromatic rings. The quantitative estimate of drug-likeness (QED) is 0.853. The molecule has 23 heavy (non-hydrogen) atoms. The Labute approximate surface area is 142 Å². The van der Waals surface area contributed by atoms with E-state index in [9.17, 15) is 4.79 Å². The van der Waals surface area contributed by atoms with E-state index in [1.54, 1.807) is 11.3 Å². The molecular formula is C16H16N2O3S2. The first kappa shape index (κ1) is 14.8. The van der Waals surface area contributed by atoms with Gasteiger partial charge < -0.3 is 14.4 Å². The Morgan fingerprint density at radius 3 is 2.91 bits per heavy atom. The smallest absolute Gasteiger partial charge is 0.231 e. The third kappa shape index (κ3) is 3.16. The lowest BCUT2D eigenvalue weighted by atomic mass is 10.2. The highest BCUT2D eigenvalue weighted by molar-refractivity contribution is 7.99. The van der Waals surface area contributed by atoms with Gasteiger partial charge >= 0.3 is 0 Å². The van der Waals surface area contributed by atoms with Gasteiger partial charge in [0.25, 0.3) is 0 Å². The number of fused-ring (bicyclic) bond motifs is 1. The summed E-state index contributed by atoms with van der Waals surface area (Å²) in [5.74, 6) is 3.76. The SMILES string of the molecule is O=C(Cc1csc(-c2ccc3c(c2)OCO3)n1)N1CCSCC1. The van der Waals surface area contributed by atoms with Crippen LogP contribution in [0.4, 0.5) is 0 Å². The topological polar surface area (TPSA) is 51.7 Å². The van der Waals surface area contributed by atoms with Crippen molar-refractivity contribution in [2.45, 2.75) is 6.42 Å². The fourth-order valence-corrected chi connectivity index (χ4v) is 4.35. The molecule has 4 rings (SSSR count). The van der Waals surface area contributed by atoms with Gasteiger partial charge in [0, 0.05) is 35.5 Å². The number of amides is 1. The molecule has 0 saturated carbocycles. The van der Waals surface area contributed by atoms with Crippen LogP contribution >= 0.6 is 23.1 Å². The summed E-state index contributed by atoms with van der Waals surface area (Å²) < 4.78 is 10.7. The van der Waals surface area contributed by atoms with Crippen LogP contribution in [0.25, 0.3) is 10.6 Å². The van der Waals surface area contributed by atoms with Gasteiger partial charge in [-0.25, -0.2) is 4.98 Å². The van der Waals surface area contributed by atoms with Crippen molar-refractivity contribution in [3.05, 3.63) is 29.3 Å². The largest absolute Gasteiger partial charge is 0.454 e. The maximum absolute atomic E-state index is 12.3. The molecule has 2 aliphatic heterocycles. The Balaban J connectivity index is 1.47. The molecule has 0 spiro atoms. The third-order valence-electron chi connectivity index (χ3n) is 3.87. The van der Waals surface area contributed by atoms with Crippen LogP contribution in [0.2, 0.25) is 0 Å². The molecule has 1 aromatic heterocycles. The van der Waals surface area contributed by atoms with Crippen LogP contribution in [0.3, 0.4) is 0 Å². The standard InChI is InChI=1S/C16H16N2O3S2/c19-15(18-3-5-22-6-4-18)8-12-9-23-16(17-12)11-1-2-13-14(7-11)21-10-20-13/h1-2,7,9H,3-6,8,10H2. The Morgan fingerprint density at radius 2 is 2.04 bits per heavy atom. The molecule has 1 saturated heterocycles. The van der Waals surface area contributed by atoms with Crippen molar-refractivity contribution < 1.29 is 14.3 Å². The summed E-state index contributed by atoms with van der Waals surface area (Å²) >= 11 is 3.46. The second-order valence-electron chi connectivity index (χ2n) is 5.38. The first-order valence-corrected chi connectivity index (χ1v) is 9.53. The summed E-state index contributed by atoms with van der Waals surface area (Å²) in [7, 11) is 0. The van der Waals surface area contributed by atoms with E-state index in [-0.39, 0.29) is 12.7 Å². The molecule has 1 amide bonds. The number of carbonyl (C=O) groups is 1. The summed E-state index contributed by atoms with van der Waals surface area (Å²) in [6, 6.07) is 5.81. The number of benzene rings is 1. The van der Waals surface area contributed by atoms with E-state index < -0.39 is 0 Å². The molecule has 0 atom stereocenters. The van der Waals surface area contributed by atoms with Crippen molar-refractivity contribution in [1.29, 1.82) is 0 Å². The van der Waals surface area contributed by atoms with Crippen molar-refractivity contribution in [3.63, 3.8) is 0 Å². The number of thiazole rings is 1. The van der Waals surface area contributed by atoms with Gasteiger partial charge in [0.05, 0.1) is 12.1 Å². The number of rotatable bonds is 3. The zero-order valence-corrected chi connectivity index (χ0v) is 14.1. The van der Waals surface area contributed by atoms with E-state index in [2.05, 4.69) is 4.98 Å². The van der Waals surface area contributed by atoms with Gasteiger partial charge in [0.1, 0.15) is 5.01 Å². The first-order chi connectivity index (χ1) is 11.3. The van der Waals surface area contributed by atoms with Crippen LogP contribution in [0, 0.1) is 0 Å². The van der Waals surface area contributed by atoms with E-state index in [1.165, 1.54) is 0 Å². The fourth-order valence-electron chi connectivity index (χ4n) is 2.63. The molecule has 1 aromatic carbocycles. The monoisotopic (exact) mass is 348 g/mol. The number of ether oxygens (including phenoxy) is 2. The van der Waals surface area contributed by atoms with Crippen LogP contribution in [0.1, 0.15) is 5.69 Å². The van der Waals surface area contributed by atoms with Crippen LogP contribution in [-0.2, 0) is 11.2 Å². The number of hydrogen-bond donors (Lipinski definition) is 0. The van der Waals surface area contributed by atoms with Crippen LogP contribution < -0.4 is 9.47 Å². The number of carbonyl (C=O) groups excluding carboxylic acids is 1. The maximum Gasteiger partial charge on any atom is 0.231 e. The summed E-state index contributed by atoms with van der Waals surface area (Å²) in [6.07, 6.45) is 0.381. The summed E-state index contributed by atoms with van der Waals surface area (Å²) in [4.78, 5) is 18.9. The van der Waals surface area contributed by atoms with Crippen molar-refractivity contribution in [3.8, 4) is 22.1 Å². The number of nitrogens with zero attached hydrogens (tertiary/aromatic N) is 2. The van der Waals surface area contributed by atoms with Crippen molar-refractivity contribution in [2.75, 3.05) is 31.4 Å². The molecule has 3 heterocycles. The second-order valence-corrected chi connectivity index (χ2v) is 7.46. The minimum absolute atomic E-state index is 0.174. The fraction of sp³-hybridized carbons (Fsp3) is 0.375. The minimum Gasteiger partial charge on any atom is -0.454 e. The lowest BCUT2D eigenvalue weighted by Crippen LogP contribution is -2.38. The zero-order chi connectivity index (χ0) is 15.6. The molecule has 0 radical (unpaired) electrons. The molecular weight excluding hydrogens is 332 g/mol. The average Bonchev–Trinajstić information content (AvgIpc) is 3.23. The van der Waals surface area contributed by atoms with E-state index in [0.29, 0.717) is 6.42 Å². The molecule has 0 N–H and O–H groups in total. The van der Waals surface area contributed by atoms with Crippen LogP contribution in [-0.4, -0.2) is 47.2 Å². The van der Waals surface area contributed by atoms with Gasteiger partial charge in [-0.2, -0.15) is 11.8 Å². The highest BCUT2D eigenvalue weighted by Gasteiger charge is 2.19. The lowest BCUT2D eigenvalue weighted by Gasteiger charge is -2.26. The first-order valence-electron chi connectivity index (χ1n) is 7.49. The number of hydrogen-bond acceptors (Lipinski definition) is 6. The van der Waals surface area contributed by atoms with Crippen LogP contribution in [0.15, 0.2) is 23.6 Å². The summed E-state index contributed by atoms with van der Waals surface area (Å²) in [5.41, 5.74) is 1.83. The van der Waals surface area contributed by atoms with Gasteiger partial charge in [-0.1, -0.05) is 0 Å². The summed E-state index contributed by atoms with van der Waals surface area (Å²) in [6.45, 7) is 1.97. The van der Waals surface area contributed by atoms with E-state index in [4.69, 9.17) is 9.47 Å². The zero-order valence-electron chi connectivity index (χ0n) is 12.5. The molecule has 0 aliphatic carbocycles. The Kier molecular flexibility index (Phi) is 4.13. The molecule has 1 fully saturated rings. The third-order valence-corrected chi connectivity index (χ3v) is 5.75. The van der Waals surface area contributed by atoms with Gasteiger partial charge in [-0.3, -0.25) is 4.79 Å². The highest BCUT2D eigenvalue weighted by Crippen LogP contribution is 2.36. The molecule has 2 aliphatic rings. The molecule has 5 nitrogen and oxygen atoms in total. The number of thioether (sulfide) groups is 1. The van der Waals surface area contributed by atoms with Gasteiger partial charge in [0.2, 0.25) is 12.7 Å². The van der Waals surface area contributed by atoms with E-state index in [1.807, 2.05) is 40.2 Å². The van der Waals surface area contributed by atoms with E-state index in [0.717, 1.165) is 52.4 Å². The normalized spacial score (nSPS) is 16.6. The predicted molar refractivity (Wildman–Crippen MR) is 91.3 cm³/mol. The van der Waals surface area contributed by atoms with Crippen molar-refractivity contribution in [2.24, 2.45) is 0 Å². The molecule has 7 heteroatoms. The van der Waals surface area contributed by atoms with Gasteiger partial charge in [-0.05, 0) is 18.2 Å². The lowest BCUT2D eigenvalue weighted by molar-refractivity contribution is -0.130. The molecule has 0 bridgehead atoms. The van der Waals surface area contributed by atoms with Gasteiger partial charge in [-0.15, -0.1) is 11.3 Å². The molecule has 0 unspecified atom stereocenters. The second kappa shape index (κ2) is 6.41. The Bertz CT molecular complexity index is 726. The van der Waals surface area contributed by atoms with Crippen LogP contribution in [0.5, 0.6) is 11.5 Å². The summed E-state index contributed by atoms with van der Waals surface area (Å²) in [5, 5.41) is 2.87. The molecule has 120 valence electrons. The maximum atomic E-state index is 12.3.